The van der Waals surface area contributed by atoms with E-state index in [0.29, 0.717) is 0 Å². The molecule has 0 amide bonds. The van der Waals surface area contributed by atoms with Crippen LogP contribution in [-0.4, -0.2) is 135 Å². The molecule has 0 aromatic heterocycles. The Morgan fingerprint density at radius 1 is 0.293 bits per heavy atom. The Hall–Kier alpha value is -4.40. The largest absolute Gasteiger partial charge is 0.481 e. The first-order valence-electron chi connectivity index (χ1n) is 10.9. The number of aliphatic hydroxyl groups excluding tert-OH is 4. The number of hydrogen-bond donors (Lipinski definition) is 12. The van der Waals surface area contributed by atoms with Crippen LogP contribution in [0.2, 0.25) is 0 Å². The average Bonchev–Trinajstić information content (AvgIpc) is 2.87. The maximum absolute atomic E-state index is 9.64. The normalized spacial score (nSPS) is 9.27. The zero-order valence-corrected chi connectivity index (χ0v) is 21.6. The Kier molecular flexibility index (Phi) is 34.2. The van der Waals surface area contributed by atoms with Gasteiger partial charge in [0.15, 0.2) is 0 Å². The lowest BCUT2D eigenvalue weighted by molar-refractivity contribution is -0.143. The maximum atomic E-state index is 9.64. The molecule has 0 aliphatic heterocycles. The molecule has 0 radical (unpaired) electrons. The number of aliphatic carboxylic acids is 8. The van der Waals surface area contributed by atoms with Crippen LogP contribution in [-0.2, 0) is 38.4 Å². The zero-order valence-electron chi connectivity index (χ0n) is 21.6. The summed E-state index contributed by atoms with van der Waals surface area (Å²) in [6.07, 6.45) is -2.37. The first-order chi connectivity index (χ1) is 18.7. The van der Waals surface area contributed by atoms with Crippen molar-refractivity contribution in [1.29, 1.82) is 0 Å². The van der Waals surface area contributed by atoms with Crippen LogP contribution in [0.15, 0.2) is 0 Å². The molecule has 20 nitrogen and oxygen atoms in total. The number of hydrogen-bond acceptors (Lipinski definition) is 12. The molecule has 0 atom stereocenters. The molecular formula is C21H36O20. The van der Waals surface area contributed by atoms with E-state index in [4.69, 9.17) is 61.3 Å². The lowest BCUT2D eigenvalue weighted by Gasteiger charge is -2.23. The van der Waals surface area contributed by atoms with Crippen LogP contribution < -0.4 is 0 Å². The fourth-order valence-corrected chi connectivity index (χ4v) is 1.16. The van der Waals surface area contributed by atoms with Gasteiger partial charge in [0, 0.05) is 0 Å². The van der Waals surface area contributed by atoms with E-state index in [9.17, 15) is 38.4 Å². The molecule has 0 aromatic carbocycles. The Balaban J connectivity index is -0.000000132. The smallest absolute Gasteiger partial charge is 0.303 e. The number of carboxylic acid groups (broad SMARTS) is 8. The van der Waals surface area contributed by atoms with Gasteiger partial charge in [0.05, 0.1) is 83.2 Å². The standard InChI is InChI=1S/C5H12O4.4C4H6O4/c6-1-5(2-7,3-8)4-9;4*5-3(6)1-2-4(7)8/h6-9H,1-4H2;4*1-2H2,(H,5,6)(H,7,8). The molecule has 0 bridgehead atoms. The van der Waals surface area contributed by atoms with Gasteiger partial charge in [-0.05, 0) is 0 Å². The van der Waals surface area contributed by atoms with Gasteiger partial charge in [-0.15, -0.1) is 0 Å². The summed E-state index contributed by atoms with van der Waals surface area (Å²) >= 11 is 0. The molecule has 0 saturated heterocycles. The first kappa shape index (κ1) is 46.5. The number of carbonyl (C=O) groups is 8. The highest BCUT2D eigenvalue weighted by atomic mass is 16.4. The van der Waals surface area contributed by atoms with Crippen molar-refractivity contribution in [1.82, 2.24) is 0 Å². The summed E-state index contributed by atoms with van der Waals surface area (Å²) in [5.74, 6) is -8.61. The lowest BCUT2D eigenvalue weighted by atomic mass is 9.93. The predicted molar refractivity (Wildman–Crippen MR) is 129 cm³/mol. The van der Waals surface area contributed by atoms with Gasteiger partial charge < -0.3 is 61.3 Å². The maximum Gasteiger partial charge on any atom is 0.303 e. The number of aliphatic hydroxyl groups is 4. The fourth-order valence-electron chi connectivity index (χ4n) is 1.16. The van der Waals surface area contributed by atoms with Crippen molar-refractivity contribution < 1.29 is 99.6 Å². The van der Waals surface area contributed by atoms with Crippen molar-refractivity contribution in [3.8, 4) is 0 Å². The molecule has 240 valence electrons. The van der Waals surface area contributed by atoms with Crippen molar-refractivity contribution in [3.63, 3.8) is 0 Å². The molecule has 0 aliphatic rings. The predicted octanol–water partition coefficient (Wildman–Crippen LogP) is -2.31. The molecule has 20 heteroatoms. The van der Waals surface area contributed by atoms with Crippen LogP contribution in [0.1, 0.15) is 51.4 Å². The van der Waals surface area contributed by atoms with Crippen LogP contribution in [0.25, 0.3) is 0 Å². The molecule has 41 heavy (non-hydrogen) atoms. The van der Waals surface area contributed by atoms with Crippen LogP contribution in [0.5, 0.6) is 0 Å². The van der Waals surface area contributed by atoms with Crippen LogP contribution in [0, 0.1) is 5.41 Å². The summed E-state index contributed by atoms with van der Waals surface area (Å²) in [7, 11) is 0. The van der Waals surface area contributed by atoms with E-state index < -0.39 is 79.6 Å². The van der Waals surface area contributed by atoms with Crippen molar-refractivity contribution in [2.24, 2.45) is 5.41 Å². The first-order valence-corrected chi connectivity index (χ1v) is 10.9. The second kappa shape index (κ2) is 30.1. The monoisotopic (exact) mass is 608 g/mol. The van der Waals surface area contributed by atoms with Gasteiger partial charge in [-0.25, -0.2) is 0 Å². The van der Waals surface area contributed by atoms with Gasteiger partial charge >= 0.3 is 47.8 Å². The molecule has 0 unspecified atom stereocenters. The molecule has 0 heterocycles. The molecular weight excluding hydrogens is 572 g/mol. The molecule has 0 rings (SSSR count). The van der Waals surface area contributed by atoms with Gasteiger partial charge in [0.1, 0.15) is 0 Å². The Labute approximate surface area is 231 Å². The molecule has 12 N–H and O–H groups in total. The van der Waals surface area contributed by atoms with Gasteiger partial charge in [-0.3, -0.25) is 38.4 Å². The van der Waals surface area contributed by atoms with Gasteiger partial charge in [0.25, 0.3) is 0 Å². The van der Waals surface area contributed by atoms with E-state index in [1.165, 1.54) is 0 Å². The summed E-state index contributed by atoms with van der Waals surface area (Å²) in [5, 5.41) is 97.2. The minimum atomic E-state index is -1.11. The van der Waals surface area contributed by atoms with Crippen LogP contribution in [0.3, 0.4) is 0 Å². The van der Waals surface area contributed by atoms with E-state index in [1.54, 1.807) is 0 Å². The van der Waals surface area contributed by atoms with E-state index in [1.807, 2.05) is 0 Å². The van der Waals surface area contributed by atoms with Crippen molar-refractivity contribution in [3.05, 3.63) is 0 Å². The third-order valence-corrected chi connectivity index (χ3v) is 3.55. The third-order valence-electron chi connectivity index (χ3n) is 3.55. The highest BCUT2D eigenvalue weighted by Crippen LogP contribution is 2.11. The number of rotatable bonds is 16. The molecule has 0 fully saturated rings. The zero-order chi connectivity index (χ0) is 33.6. The Morgan fingerprint density at radius 3 is 0.415 bits per heavy atom. The highest BCUT2D eigenvalue weighted by Gasteiger charge is 2.26. The third kappa shape index (κ3) is 52.8. The van der Waals surface area contributed by atoms with Crippen LogP contribution in [0.4, 0.5) is 0 Å². The van der Waals surface area contributed by atoms with Gasteiger partial charge in [-0.2, -0.15) is 0 Å². The topological polar surface area (TPSA) is 379 Å². The fraction of sp³-hybridized carbons (Fsp3) is 0.619. The molecule has 0 spiro atoms. The average molecular weight is 608 g/mol. The van der Waals surface area contributed by atoms with Gasteiger partial charge in [0.2, 0.25) is 0 Å². The van der Waals surface area contributed by atoms with Crippen molar-refractivity contribution in [2.75, 3.05) is 26.4 Å². The molecule has 0 aromatic rings. The SMILES string of the molecule is O=C(O)CCC(=O)O.O=C(O)CCC(=O)O.O=C(O)CCC(=O)O.O=C(O)CCC(=O)O.OCC(CO)(CO)CO. The van der Waals surface area contributed by atoms with Gasteiger partial charge in [-0.1, -0.05) is 0 Å². The van der Waals surface area contributed by atoms with E-state index in [-0.39, 0.29) is 51.4 Å². The number of carboxylic acids is 8. The minimum Gasteiger partial charge on any atom is -0.481 e. The highest BCUT2D eigenvalue weighted by molar-refractivity contribution is 5.76. The quantitative estimate of drug-likeness (QED) is 0.0874. The molecule has 0 saturated carbocycles. The summed E-state index contributed by atoms with van der Waals surface area (Å²) < 4.78 is 0. The summed E-state index contributed by atoms with van der Waals surface area (Å²) in [5.41, 5.74) is -1.11. The van der Waals surface area contributed by atoms with Crippen LogP contribution >= 0.6 is 0 Å². The minimum absolute atomic E-state index is 0.296. The molecule has 0 aliphatic carbocycles. The Morgan fingerprint density at radius 2 is 0.390 bits per heavy atom. The van der Waals surface area contributed by atoms with E-state index >= 15 is 0 Å². The summed E-state index contributed by atoms with van der Waals surface area (Å²) in [6.45, 7) is -1.62. The Bertz CT molecular complexity index is 615. The second-order valence-corrected chi connectivity index (χ2v) is 7.28. The van der Waals surface area contributed by atoms with Crippen molar-refractivity contribution in [2.45, 2.75) is 51.4 Å². The summed E-state index contributed by atoms with van der Waals surface area (Å²) in [4.78, 5) is 77.1. The van der Waals surface area contributed by atoms with Crippen molar-refractivity contribution >= 4 is 47.8 Å². The summed E-state index contributed by atoms with van der Waals surface area (Å²) in [6, 6.07) is 0. The van der Waals surface area contributed by atoms with E-state index in [2.05, 4.69) is 0 Å². The van der Waals surface area contributed by atoms with E-state index in [0.717, 1.165) is 0 Å². The second-order valence-electron chi connectivity index (χ2n) is 7.28. The lowest BCUT2D eigenvalue weighted by Crippen LogP contribution is -2.37.